The van der Waals surface area contributed by atoms with Gasteiger partial charge < -0.3 is 15.0 Å². The van der Waals surface area contributed by atoms with E-state index in [4.69, 9.17) is 4.74 Å². The minimum atomic E-state index is -0.0764. The van der Waals surface area contributed by atoms with Gasteiger partial charge in [-0.15, -0.1) is 0 Å². The lowest BCUT2D eigenvalue weighted by molar-refractivity contribution is -0.681. The van der Waals surface area contributed by atoms with Gasteiger partial charge in [-0.25, -0.2) is 5.01 Å². The molecule has 6 nitrogen and oxygen atoms in total. The highest BCUT2D eigenvalue weighted by molar-refractivity contribution is 5.98. The zero-order valence-electron chi connectivity index (χ0n) is 16.2. The van der Waals surface area contributed by atoms with E-state index >= 15 is 0 Å². The number of aromatic nitrogens is 1. The lowest BCUT2D eigenvalue weighted by atomic mass is 9.80. The molecular weight excluding hydrogens is 352 g/mol. The van der Waals surface area contributed by atoms with Gasteiger partial charge in [0.2, 0.25) is 5.91 Å². The van der Waals surface area contributed by atoms with Crippen molar-refractivity contribution < 1.29 is 14.8 Å². The Balaban J connectivity index is 1.29. The number of rotatable bonds is 2. The number of amides is 1. The van der Waals surface area contributed by atoms with Gasteiger partial charge in [0.15, 0.2) is 0 Å². The Bertz CT molecular complexity index is 968. The van der Waals surface area contributed by atoms with Crippen molar-refractivity contribution in [3.8, 4) is 0 Å². The van der Waals surface area contributed by atoms with Crippen molar-refractivity contribution in [2.24, 2.45) is 5.92 Å². The molecule has 6 rings (SSSR count). The number of hydrogen-bond acceptors (Lipinski definition) is 3. The molecule has 4 atom stereocenters. The number of nitrogens with one attached hydrogen (secondary N) is 1. The minimum Gasteiger partial charge on any atom is -0.372 e. The van der Waals surface area contributed by atoms with E-state index in [1.165, 1.54) is 27.6 Å². The lowest BCUT2D eigenvalue weighted by Gasteiger charge is -2.39. The van der Waals surface area contributed by atoms with Crippen LogP contribution in [0.25, 0.3) is 16.5 Å². The van der Waals surface area contributed by atoms with Gasteiger partial charge in [0.05, 0.1) is 18.8 Å². The number of quaternary nitrogens is 1. The summed E-state index contributed by atoms with van der Waals surface area (Å²) in [6.45, 7) is 2.49. The Morgan fingerprint density at radius 3 is 2.93 bits per heavy atom. The first-order valence-corrected chi connectivity index (χ1v) is 10.5. The van der Waals surface area contributed by atoms with Crippen molar-refractivity contribution >= 4 is 22.4 Å². The fourth-order valence-corrected chi connectivity index (χ4v) is 5.61. The number of nitrogens with two attached hydrogens (primary N) is 1. The van der Waals surface area contributed by atoms with E-state index in [0.29, 0.717) is 6.04 Å². The van der Waals surface area contributed by atoms with E-state index in [2.05, 4.69) is 45.8 Å². The number of hydrogen-bond donors (Lipinski definition) is 2. The zero-order valence-corrected chi connectivity index (χ0v) is 16.2. The highest BCUT2D eigenvalue weighted by atomic mass is 16.5. The maximum absolute atomic E-state index is 13.3. The Morgan fingerprint density at radius 2 is 2.11 bits per heavy atom. The molecule has 6 heteroatoms. The van der Waals surface area contributed by atoms with Crippen molar-refractivity contribution in [2.75, 3.05) is 26.7 Å². The molecule has 4 heterocycles. The summed E-state index contributed by atoms with van der Waals surface area (Å²) in [5.41, 5.74) is 5.22. The smallest absolute Gasteiger partial charge is 0.249 e. The molecule has 3 aliphatic heterocycles. The van der Waals surface area contributed by atoms with Crippen LogP contribution in [0.2, 0.25) is 0 Å². The maximum Gasteiger partial charge on any atom is 0.249 e. The fourth-order valence-electron chi connectivity index (χ4n) is 5.61. The molecule has 4 aliphatic rings. The number of nitrogens with zero attached hydrogens (tertiary/aromatic N) is 2. The van der Waals surface area contributed by atoms with Gasteiger partial charge in [-0.05, 0) is 30.0 Å². The monoisotopic (exact) mass is 379 g/mol. The van der Waals surface area contributed by atoms with E-state index in [1.54, 1.807) is 0 Å². The first-order chi connectivity index (χ1) is 13.7. The number of aromatic amines is 1. The summed E-state index contributed by atoms with van der Waals surface area (Å²) in [7, 11) is 1.93. The summed E-state index contributed by atoms with van der Waals surface area (Å²) in [5.74, 6) is 0.128. The molecule has 28 heavy (non-hydrogen) atoms. The van der Waals surface area contributed by atoms with Crippen LogP contribution in [0.3, 0.4) is 0 Å². The molecule has 1 amide bonds. The van der Waals surface area contributed by atoms with E-state index < -0.39 is 0 Å². The molecule has 1 aromatic carbocycles. The number of ether oxygens (including phenoxy) is 1. The standard InChI is InChI=1S/C22H26N4O2/c1-25(26-11-15-5-6-16(12-26)28-15)22(27)14-7-18-17-3-2-4-19-21(17)13(9-23-19)8-20(18)24-10-14/h2-4,7,9,14-16,20,23-24H,5-6,8,10-12H2,1H3/p+1/t14-,15-,16+,20-/m1/s1. The summed E-state index contributed by atoms with van der Waals surface area (Å²) in [6.07, 6.45) is 8.26. The van der Waals surface area contributed by atoms with Gasteiger partial charge >= 0.3 is 0 Å². The summed E-state index contributed by atoms with van der Waals surface area (Å²) >= 11 is 0. The summed E-state index contributed by atoms with van der Waals surface area (Å²) in [6, 6.07) is 6.88. The predicted molar refractivity (Wildman–Crippen MR) is 106 cm³/mol. The van der Waals surface area contributed by atoms with Crippen LogP contribution in [0.15, 0.2) is 30.5 Å². The van der Waals surface area contributed by atoms with E-state index in [1.807, 2.05) is 12.1 Å². The number of H-pyrrole nitrogens is 1. The van der Waals surface area contributed by atoms with Gasteiger partial charge in [0, 0.05) is 49.2 Å². The third kappa shape index (κ3) is 2.48. The van der Waals surface area contributed by atoms with Gasteiger partial charge in [-0.1, -0.05) is 18.2 Å². The molecule has 3 N–H and O–H groups in total. The number of morpholine rings is 1. The van der Waals surface area contributed by atoms with Crippen LogP contribution in [0, 0.1) is 5.92 Å². The van der Waals surface area contributed by atoms with Gasteiger partial charge in [-0.2, -0.15) is 0 Å². The van der Waals surface area contributed by atoms with Gasteiger partial charge in [-0.3, -0.25) is 9.80 Å². The Labute approximate surface area is 164 Å². The topological polar surface area (TPSA) is 65.2 Å². The highest BCUT2D eigenvalue weighted by Gasteiger charge is 2.40. The summed E-state index contributed by atoms with van der Waals surface area (Å²) < 4.78 is 5.93. The number of benzene rings is 1. The summed E-state index contributed by atoms with van der Waals surface area (Å²) in [5, 5.41) is 7.77. The average molecular weight is 379 g/mol. The Kier molecular flexibility index (Phi) is 3.70. The van der Waals surface area contributed by atoms with Crippen LogP contribution in [-0.4, -0.2) is 65.8 Å². The SMILES string of the molecule is CN(C(=O)[C@@H]1C=C2c3cccc4[nH]cc(c34)C[C@H]2[NH2+]C1)N1C[C@H]2CC[C@@H](C1)O2. The number of carbonyl (C=O) groups excluding carboxylic acids is 1. The molecule has 0 saturated carbocycles. The molecule has 0 radical (unpaired) electrons. The predicted octanol–water partition coefficient (Wildman–Crippen LogP) is 0.906. The molecular formula is C22H27N4O2+. The van der Waals surface area contributed by atoms with Crippen LogP contribution in [0.5, 0.6) is 0 Å². The second-order valence-corrected chi connectivity index (χ2v) is 8.74. The van der Waals surface area contributed by atoms with Crippen LogP contribution in [0.1, 0.15) is 24.0 Å². The number of hydrazine groups is 1. The van der Waals surface area contributed by atoms with Gasteiger partial charge in [0.1, 0.15) is 12.0 Å². The third-order valence-corrected chi connectivity index (χ3v) is 7.08. The van der Waals surface area contributed by atoms with Crippen LogP contribution in [-0.2, 0) is 16.0 Å². The van der Waals surface area contributed by atoms with E-state index in [0.717, 1.165) is 38.9 Å². The summed E-state index contributed by atoms with van der Waals surface area (Å²) in [4.78, 5) is 16.7. The van der Waals surface area contributed by atoms with Crippen molar-refractivity contribution in [1.82, 2.24) is 15.0 Å². The van der Waals surface area contributed by atoms with Gasteiger partial charge in [0.25, 0.3) is 0 Å². The first-order valence-electron chi connectivity index (χ1n) is 10.5. The molecule has 2 bridgehead atoms. The Morgan fingerprint density at radius 1 is 1.29 bits per heavy atom. The Hall–Kier alpha value is -2.15. The van der Waals surface area contributed by atoms with Crippen molar-refractivity contribution in [3.05, 3.63) is 41.6 Å². The van der Waals surface area contributed by atoms with E-state index in [9.17, 15) is 4.79 Å². The second kappa shape index (κ2) is 6.17. The highest BCUT2D eigenvalue weighted by Crippen LogP contribution is 2.37. The largest absolute Gasteiger partial charge is 0.372 e. The van der Waals surface area contributed by atoms with Crippen molar-refractivity contribution in [2.45, 2.75) is 37.5 Å². The van der Waals surface area contributed by atoms with E-state index in [-0.39, 0.29) is 24.0 Å². The van der Waals surface area contributed by atoms with Crippen LogP contribution < -0.4 is 5.32 Å². The van der Waals surface area contributed by atoms with Crippen LogP contribution >= 0.6 is 0 Å². The molecule has 2 saturated heterocycles. The molecule has 0 spiro atoms. The molecule has 2 fully saturated rings. The molecule has 0 unspecified atom stereocenters. The number of carbonyl (C=O) groups is 1. The second-order valence-electron chi connectivity index (χ2n) is 8.74. The normalized spacial score (nSPS) is 31.5. The number of fused-ring (bicyclic) bond motifs is 4. The maximum atomic E-state index is 13.3. The quantitative estimate of drug-likeness (QED) is 0.815. The fraction of sp³-hybridized carbons (Fsp3) is 0.500. The molecule has 1 aromatic heterocycles. The average Bonchev–Trinajstić information content (AvgIpc) is 3.30. The van der Waals surface area contributed by atoms with Crippen LogP contribution in [0.4, 0.5) is 0 Å². The third-order valence-electron chi connectivity index (χ3n) is 7.08. The zero-order chi connectivity index (χ0) is 18.8. The van der Waals surface area contributed by atoms with Crippen molar-refractivity contribution in [3.63, 3.8) is 0 Å². The lowest BCUT2D eigenvalue weighted by Crippen LogP contribution is -2.93. The minimum absolute atomic E-state index is 0.0764. The first kappa shape index (κ1) is 16.8. The molecule has 2 aromatic rings. The van der Waals surface area contributed by atoms with Crippen molar-refractivity contribution in [1.29, 1.82) is 0 Å². The molecule has 1 aliphatic carbocycles. The molecule has 146 valence electrons.